The van der Waals surface area contributed by atoms with Crippen molar-refractivity contribution in [2.24, 2.45) is 0 Å². The van der Waals surface area contributed by atoms with Gasteiger partial charge in [-0.05, 0) is 23.3 Å². The molecular formula is C24H27N5O2. The molecule has 0 unspecified atom stereocenters. The molecule has 7 nitrogen and oxygen atoms in total. The molecule has 160 valence electrons. The van der Waals surface area contributed by atoms with Gasteiger partial charge in [0.25, 0.3) is 5.91 Å². The van der Waals surface area contributed by atoms with Crippen LogP contribution < -0.4 is 4.74 Å². The summed E-state index contributed by atoms with van der Waals surface area (Å²) in [7, 11) is 1.64. The highest BCUT2D eigenvalue weighted by Gasteiger charge is 2.23. The van der Waals surface area contributed by atoms with Gasteiger partial charge in [-0.1, -0.05) is 59.8 Å². The second-order valence-electron chi connectivity index (χ2n) is 7.56. The summed E-state index contributed by atoms with van der Waals surface area (Å²) in [6, 6.07) is 18.1. The number of amides is 1. The summed E-state index contributed by atoms with van der Waals surface area (Å²) in [5.41, 5.74) is 2.67. The van der Waals surface area contributed by atoms with Crippen LogP contribution in [0.4, 0.5) is 0 Å². The van der Waals surface area contributed by atoms with Crippen LogP contribution in [0.1, 0.15) is 21.6 Å². The Balaban J connectivity index is 1.26. The van der Waals surface area contributed by atoms with Crippen LogP contribution >= 0.6 is 0 Å². The molecule has 4 rings (SSSR count). The van der Waals surface area contributed by atoms with E-state index in [4.69, 9.17) is 4.74 Å². The number of carbonyl (C=O) groups is 1. The van der Waals surface area contributed by atoms with Gasteiger partial charge >= 0.3 is 0 Å². The highest BCUT2D eigenvalue weighted by Crippen LogP contribution is 2.13. The topological polar surface area (TPSA) is 63.5 Å². The van der Waals surface area contributed by atoms with Crippen LogP contribution in [0.2, 0.25) is 0 Å². The molecule has 1 amide bonds. The van der Waals surface area contributed by atoms with E-state index in [1.165, 1.54) is 5.56 Å². The van der Waals surface area contributed by atoms with Crippen LogP contribution in [0, 0.1) is 0 Å². The van der Waals surface area contributed by atoms with Gasteiger partial charge in [-0.3, -0.25) is 9.69 Å². The molecule has 0 radical (unpaired) electrons. The third kappa shape index (κ3) is 5.58. The molecule has 1 fully saturated rings. The summed E-state index contributed by atoms with van der Waals surface area (Å²) in [5.74, 6) is 0.758. The molecule has 3 aromatic rings. The largest absolute Gasteiger partial charge is 0.497 e. The first-order valence-electron chi connectivity index (χ1n) is 10.5. The number of aromatic nitrogens is 3. The van der Waals surface area contributed by atoms with Gasteiger partial charge in [-0.25, -0.2) is 4.68 Å². The monoisotopic (exact) mass is 417 g/mol. The SMILES string of the molecule is COc1ccc(Cn2cc(C(=O)N3CCN(CC=Cc4ccccc4)CC3)nn2)cc1. The maximum absolute atomic E-state index is 12.8. The lowest BCUT2D eigenvalue weighted by Crippen LogP contribution is -2.48. The first kappa shape index (κ1) is 20.8. The number of carbonyl (C=O) groups excluding carboxylic acids is 1. The van der Waals surface area contributed by atoms with Crippen molar-refractivity contribution >= 4 is 12.0 Å². The molecule has 1 aliphatic heterocycles. The standard InChI is InChI=1S/C24H27N5O2/c1-31-22-11-9-21(10-12-22)18-29-19-23(25-26-29)24(30)28-16-14-27(15-17-28)13-5-8-20-6-3-2-4-7-20/h2-12,19H,13-18H2,1H3. The number of hydrogen-bond acceptors (Lipinski definition) is 5. The Morgan fingerprint density at radius 3 is 2.48 bits per heavy atom. The molecule has 7 heteroatoms. The molecule has 0 aliphatic carbocycles. The van der Waals surface area contributed by atoms with Crippen molar-refractivity contribution in [1.29, 1.82) is 0 Å². The van der Waals surface area contributed by atoms with Crippen LogP contribution in [0.25, 0.3) is 6.08 Å². The van der Waals surface area contributed by atoms with Crippen molar-refractivity contribution in [2.75, 3.05) is 39.8 Å². The Morgan fingerprint density at radius 2 is 1.77 bits per heavy atom. The van der Waals surface area contributed by atoms with Gasteiger partial charge in [0.05, 0.1) is 19.9 Å². The average Bonchev–Trinajstić information content (AvgIpc) is 3.29. The molecule has 0 bridgehead atoms. The number of hydrogen-bond donors (Lipinski definition) is 0. The average molecular weight is 418 g/mol. The Hall–Kier alpha value is -3.45. The van der Waals surface area contributed by atoms with Gasteiger partial charge in [-0.2, -0.15) is 0 Å². The lowest BCUT2D eigenvalue weighted by molar-refractivity contribution is 0.0644. The fourth-order valence-electron chi connectivity index (χ4n) is 3.59. The normalized spacial score (nSPS) is 14.8. The van der Waals surface area contributed by atoms with Crippen LogP contribution in [0.15, 0.2) is 66.9 Å². The van der Waals surface area contributed by atoms with Crippen LogP contribution in [-0.4, -0.2) is 70.5 Å². The number of benzene rings is 2. The summed E-state index contributed by atoms with van der Waals surface area (Å²) in [6.07, 6.45) is 6.04. The zero-order valence-corrected chi connectivity index (χ0v) is 17.7. The van der Waals surface area contributed by atoms with Gasteiger partial charge in [0.1, 0.15) is 5.75 Å². The zero-order valence-electron chi connectivity index (χ0n) is 17.7. The van der Waals surface area contributed by atoms with Crippen LogP contribution in [0.5, 0.6) is 5.75 Å². The van der Waals surface area contributed by atoms with Crippen molar-refractivity contribution < 1.29 is 9.53 Å². The van der Waals surface area contributed by atoms with Crippen molar-refractivity contribution in [3.05, 3.63) is 83.7 Å². The van der Waals surface area contributed by atoms with E-state index in [-0.39, 0.29) is 5.91 Å². The Labute approximate surface area is 182 Å². The minimum atomic E-state index is -0.0551. The summed E-state index contributed by atoms with van der Waals surface area (Å²) in [5, 5.41) is 8.22. The van der Waals surface area contributed by atoms with E-state index in [1.807, 2.05) is 47.4 Å². The molecule has 1 saturated heterocycles. The quantitative estimate of drug-likeness (QED) is 0.592. The Kier molecular flexibility index (Phi) is 6.74. The molecule has 2 aromatic carbocycles. The molecule has 0 spiro atoms. The van der Waals surface area contributed by atoms with E-state index in [0.717, 1.165) is 30.9 Å². The molecule has 0 saturated carbocycles. The minimum absolute atomic E-state index is 0.0551. The lowest BCUT2D eigenvalue weighted by atomic mass is 10.2. The molecular weight excluding hydrogens is 390 g/mol. The van der Waals surface area contributed by atoms with Crippen LogP contribution in [-0.2, 0) is 6.54 Å². The summed E-state index contributed by atoms with van der Waals surface area (Å²) < 4.78 is 6.87. The second-order valence-corrected chi connectivity index (χ2v) is 7.56. The predicted octanol–water partition coefficient (Wildman–Crippen LogP) is 2.81. The molecule has 2 heterocycles. The summed E-state index contributed by atoms with van der Waals surface area (Å²) >= 11 is 0. The van der Waals surface area contributed by atoms with Crippen LogP contribution in [0.3, 0.4) is 0 Å². The predicted molar refractivity (Wildman–Crippen MR) is 120 cm³/mol. The lowest BCUT2D eigenvalue weighted by Gasteiger charge is -2.33. The first-order chi connectivity index (χ1) is 15.2. The minimum Gasteiger partial charge on any atom is -0.497 e. The highest BCUT2D eigenvalue weighted by molar-refractivity contribution is 5.92. The van der Waals surface area contributed by atoms with Gasteiger partial charge in [0.15, 0.2) is 5.69 Å². The third-order valence-corrected chi connectivity index (χ3v) is 5.39. The van der Waals surface area contributed by atoms with E-state index in [1.54, 1.807) is 18.0 Å². The molecule has 1 aliphatic rings. The molecule has 0 N–H and O–H groups in total. The molecule has 0 atom stereocenters. The van der Waals surface area contributed by atoms with Gasteiger partial charge < -0.3 is 9.64 Å². The van der Waals surface area contributed by atoms with E-state index >= 15 is 0 Å². The Bertz CT molecular complexity index is 1010. The highest BCUT2D eigenvalue weighted by atomic mass is 16.5. The molecule has 31 heavy (non-hydrogen) atoms. The first-order valence-corrected chi connectivity index (χ1v) is 10.5. The number of methoxy groups -OCH3 is 1. The smallest absolute Gasteiger partial charge is 0.276 e. The maximum Gasteiger partial charge on any atom is 0.276 e. The Morgan fingerprint density at radius 1 is 1.03 bits per heavy atom. The second kappa shape index (κ2) is 10.0. The van der Waals surface area contributed by atoms with Crippen molar-refractivity contribution in [3.63, 3.8) is 0 Å². The number of piperazine rings is 1. The van der Waals surface area contributed by atoms with Gasteiger partial charge in [0.2, 0.25) is 0 Å². The van der Waals surface area contributed by atoms with Crippen molar-refractivity contribution in [3.8, 4) is 5.75 Å². The van der Waals surface area contributed by atoms with Gasteiger partial charge in [0, 0.05) is 32.7 Å². The van der Waals surface area contributed by atoms with E-state index in [9.17, 15) is 4.79 Å². The zero-order chi connectivity index (χ0) is 21.5. The van der Waals surface area contributed by atoms with E-state index in [2.05, 4.69) is 39.5 Å². The maximum atomic E-state index is 12.8. The number of rotatable bonds is 7. The fraction of sp³-hybridized carbons (Fsp3) is 0.292. The van der Waals surface area contributed by atoms with Crippen molar-refractivity contribution in [2.45, 2.75) is 6.54 Å². The molecule has 1 aromatic heterocycles. The third-order valence-electron chi connectivity index (χ3n) is 5.39. The number of nitrogens with zero attached hydrogens (tertiary/aromatic N) is 5. The van der Waals surface area contributed by atoms with E-state index < -0.39 is 0 Å². The summed E-state index contributed by atoms with van der Waals surface area (Å²) in [6.45, 7) is 4.54. The van der Waals surface area contributed by atoms with E-state index in [0.29, 0.717) is 25.3 Å². The number of ether oxygens (including phenoxy) is 1. The van der Waals surface area contributed by atoms with Crippen molar-refractivity contribution in [1.82, 2.24) is 24.8 Å². The summed E-state index contributed by atoms with van der Waals surface area (Å²) in [4.78, 5) is 17.0. The van der Waals surface area contributed by atoms with Gasteiger partial charge in [-0.15, -0.1) is 5.10 Å². The fourth-order valence-corrected chi connectivity index (χ4v) is 3.59.